The van der Waals surface area contributed by atoms with Crippen LogP contribution in [0.2, 0.25) is 10.0 Å². The van der Waals surface area contributed by atoms with Gasteiger partial charge in [-0.15, -0.1) is 11.3 Å². The van der Waals surface area contributed by atoms with Crippen LogP contribution < -0.4 is 5.32 Å². The van der Waals surface area contributed by atoms with Crippen molar-refractivity contribution in [1.29, 1.82) is 0 Å². The Hall–Kier alpha value is -2.45. The molecule has 0 spiro atoms. The number of nitrogens with one attached hydrogen (secondary N) is 1. The van der Waals surface area contributed by atoms with E-state index in [0.717, 1.165) is 10.4 Å². The van der Waals surface area contributed by atoms with Gasteiger partial charge in [0.15, 0.2) is 0 Å². The molecular formula is C22H24Cl2FNO4S. The first-order valence-electron chi connectivity index (χ1n) is 8.64. The van der Waals surface area contributed by atoms with Crippen LogP contribution in [-0.2, 0) is 9.53 Å². The third-order valence-corrected chi connectivity index (χ3v) is 5.12. The Kier molecular flexibility index (Phi) is 14.2. The fourth-order valence-electron chi connectivity index (χ4n) is 2.06. The number of carbonyl (C=O) groups is 2. The second-order valence-corrected chi connectivity index (χ2v) is 7.64. The SMILES string of the molecule is C=O.CNc1cc(-c2ccc(Cl)cc2)sc1C(=O)O.COC.Cc1ccc(Cl)cc1F. The van der Waals surface area contributed by atoms with Crippen LogP contribution in [0.4, 0.5) is 10.1 Å². The summed E-state index contributed by atoms with van der Waals surface area (Å²) in [6, 6.07) is 13.8. The van der Waals surface area contributed by atoms with E-state index in [9.17, 15) is 9.18 Å². The van der Waals surface area contributed by atoms with Gasteiger partial charge in [-0.2, -0.15) is 0 Å². The van der Waals surface area contributed by atoms with E-state index in [4.69, 9.17) is 33.1 Å². The van der Waals surface area contributed by atoms with E-state index in [2.05, 4.69) is 10.1 Å². The first-order valence-corrected chi connectivity index (χ1v) is 10.2. The maximum atomic E-state index is 12.5. The molecule has 0 amide bonds. The van der Waals surface area contributed by atoms with E-state index in [-0.39, 0.29) is 5.82 Å². The number of aromatic carboxylic acids is 1. The van der Waals surface area contributed by atoms with Crippen LogP contribution in [0.15, 0.2) is 48.5 Å². The standard InChI is InChI=1S/C12H10ClNO2S.C7H6ClF.C2H6O.CH2O/c1-14-9-6-10(17-11(9)12(15)16)7-2-4-8(13)5-3-7;1-5-2-3-6(8)4-7(5)9;1-3-2;1-2/h2-6,14H,1H3,(H,15,16);2-4H,1H3;1-2H3;1H2. The van der Waals surface area contributed by atoms with Gasteiger partial charge in [-0.25, -0.2) is 9.18 Å². The molecule has 0 atom stereocenters. The fraction of sp³-hybridized carbons (Fsp3) is 0.182. The summed E-state index contributed by atoms with van der Waals surface area (Å²) in [4.78, 5) is 20.3. The molecule has 9 heteroatoms. The van der Waals surface area contributed by atoms with Crippen LogP contribution in [0.3, 0.4) is 0 Å². The summed E-state index contributed by atoms with van der Waals surface area (Å²) in [5, 5.41) is 13.0. The van der Waals surface area contributed by atoms with E-state index in [1.54, 1.807) is 52.5 Å². The maximum absolute atomic E-state index is 12.5. The molecule has 2 N–H and O–H groups in total. The molecular weight excluding hydrogens is 464 g/mol. The van der Waals surface area contributed by atoms with Crippen molar-refractivity contribution in [3.8, 4) is 10.4 Å². The van der Waals surface area contributed by atoms with Gasteiger partial charge in [0.2, 0.25) is 0 Å². The van der Waals surface area contributed by atoms with Crippen molar-refractivity contribution < 1.29 is 23.8 Å². The molecule has 0 radical (unpaired) electrons. The molecule has 0 saturated heterocycles. The van der Waals surface area contributed by atoms with Crippen LogP contribution >= 0.6 is 34.5 Å². The van der Waals surface area contributed by atoms with Gasteiger partial charge < -0.3 is 20.0 Å². The summed E-state index contributed by atoms with van der Waals surface area (Å²) in [5.74, 6) is -1.16. The van der Waals surface area contributed by atoms with Gasteiger partial charge in [0.05, 0.1) is 5.69 Å². The predicted octanol–water partition coefficient (Wildman–Crippen LogP) is 6.67. The number of hydrogen-bond donors (Lipinski definition) is 2. The molecule has 0 fully saturated rings. The molecule has 1 heterocycles. The molecule has 168 valence electrons. The minimum Gasteiger partial charge on any atom is -0.477 e. The quantitative estimate of drug-likeness (QED) is 0.431. The lowest BCUT2D eigenvalue weighted by atomic mass is 10.2. The minimum absolute atomic E-state index is 0.248. The minimum atomic E-state index is -0.917. The Morgan fingerprint density at radius 1 is 1.06 bits per heavy atom. The average molecular weight is 488 g/mol. The highest BCUT2D eigenvalue weighted by molar-refractivity contribution is 7.18. The number of carboxylic acid groups (broad SMARTS) is 1. The van der Waals surface area contributed by atoms with E-state index >= 15 is 0 Å². The highest BCUT2D eigenvalue weighted by Gasteiger charge is 2.15. The predicted molar refractivity (Wildman–Crippen MR) is 127 cm³/mol. The summed E-state index contributed by atoms with van der Waals surface area (Å²) in [6.45, 7) is 3.70. The van der Waals surface area contributed by atoms with Crippen molar-refractivity contribution in [2.75, 3.05) is 26.6 Å². The van der Waals surface area contributed by atoms with Crippen molar-refractivity contribution in [2.45, 2.75) is 6.92 Å². The molecule has 0 unspecified atom stereocenters. The van der Waals surface area contributed by atoms with Gasteiger partial charge in [0.25, 0.3) is 0 Å². The first-order chi connectivity index (χ1) is 14.7. The van der Waals surface area contributed by atoms with Crippen LogP contribution in [0, 0.1) is 12.7 Å². The van der Waals surface area contributed by atoms with Gasteiger partial charge in [-0.1, -0.05) is 41.4 Å². The lowest BCUT2D eigenvalue weighted by molar-refractivity contribution is -0.0980. The van der Waals surface area contributed by atoms with Gasteiger partial charge in [-0.3, -0.25) is 0 Å². The topological polar surface area (TPSA) is 75.6 Å². The zero-order valence-corrected chi connectivity index (χ0v) is 19.9. The number of ether oxygens (including phenoxy) is 1. The van der Waals surface area contributed by atoms with Gasteiger partial charge >= 0.3 is 5.97 Å². The van der Waals surface area contributed by atoms with Crippen molar-refractivity contribution >= 4 is 53.0 Å². The number of methoxy groups -OCH3 is 1. The lowest BCUT2D eigenvalue weighted by Gasteiger charge is -1.96. The summed E-state index contributed by atoms with van der Waals surface area (Å²) >= 11 is 12.5. The number of carbonyl (C=O) groups excluding carboxylic acids is 1. The molecule has 31 heavy (non-hydrogen) atoms. The number of anilines is 1. The number of halogens is 3. The highest BCUT2D eigenvalue weighted by atomic mass is 35.5. The Morgan fingerprint density at radius 2 is 1.58 bits per heavy atom. The van der Waals surface area contributed by atoms with Crippen LogP contribution in [0.1, 0.15) is 15.2 Å². The summed E-state index contributed by atoms with van der Waals surface area (Å²) in [5.41, 5.74) is 2.22. The number of thiophene rings is 1. The Bertz CT molecular complexity index is 949. The first kappa shape index (κ1) is 28.5. The Balaban J connectivity index is 0.000000540. The molecule has 0 bridgehead atoms. The number of aryl methyl sites for hydroxylation is 1. The average Bonchev–Trinajstić information content (AvgIpc) is 3.19. The number of rotatable bonds is 3. The van der Waals surface area contributed by atoms with E-state index in [1.807, 2.05) is 25.0 Å². The van der Waals surface area contributed by atoms with Gasteiger partial charge in [0, 0.05) is 36.2 Å². The third-order valence-electron chi connectivity index (χ3n) is 3.46. The number of carboxylic acids is 1. The molecule has 1 aromatic heterocycles. The molecule has 0 saturated carbocycles. The van der Waals surface area contributed by atoms with Crippen molar-refractivity contribution in [1.82, 2.24) is 0 Å². The maximum Gasteiger partial charge on any atom is 0.348 e. The third kappa shape index (κ3) is 9.93. The monoisotopic (exact) mass is 487 g/mol. The second-order valence-electron chi connectivity index (χ2n) is 5.72. The summed E-state index contributed by atoms with van der Waals surface area (Å²) < 4.78 is 16.7. The summed E-state index contributed by atoms with van der Waals surface area (Å²) in [6.07, 6.45) is 0. The van der Waals surface area contributed by atoms with Gasteiger partial charge in [-0.05, 0) is 48.4 Å². The molecule has 5 nitrogen and oxygen atoms in total. The van der Waals surface area contributed by atoms with E-state index in [1.165, 1.54) is 17.4 Å². The molecule has 3 rings (SSSR count). The Labute approximate surface area is 195 Å². The van der Waals surface area contributed by atoms with Crippen LogP contribution in [-0.4, -0.2) is 39.1 Å². The number of hydrogen-bond acceptors (Lipinski definition) is 5. The van der Waals surface area contributed by atoms with Gasteiger partial charge in [0.1, 0.15) is 17.5 Å². The smallest absolute Gasteiger partial charge is 0.348 e. The molecule has 2 aromatic carbocycles. The van der Waals surface area contributed by atoms with Crippen molar-refractivity contribution in [3.05, 3.63) is 74.8 Å². The second kappa shape index (κ2) is 15.4. The van der Waals surface area contributed by atoms with E-state index in [0.29, 0.717) is 26.2 Å². The molecule has 0 aliphatic rings. The lowest BCUT2D eigenvalue weighted by Crippen LogP contribution is -1.97. The fourth-order valence-corrected chi connectivity index (χ4v) is 3.35. The largest absolute Gasteiger partial charge is 0.477 e. The highest BCUT2D eigenvalue weighted by Crippen LogP contribution is 2.35. The molecule has 0 aliphatic heterocycles. The molecule has 3 aromatic rings. The zero-order chi connectivity index (χ0) is 24.0. The molecule has 0 aliphatic carbocycles. The van der Waals surface area contributed by atoms with Crippen molar-refractivity contribution in [2.24, 2.45) is 0 Å². The summed E-state index contributed by atoms with van der Waals surface area (Å²) in [7, 11) is 4.96. The van der Waals surface area contributed by atoms with Crippen molar-refractivity contribution in [3.63, 3.8) is 0 Å². The van der Waals surface area contributed by atoms with Crippen LogP contribution in [0.25, 0.3) is 10.4 Å². The van der Waals surface area contributed by atoms with Crippen LogP contribution in [0.5, 0.6) is 0 Å². The zero-order valence-electron chi connectivity index (χ0n) is 17.5. The normalized spacial score (nSPS) is 9.13. The Morgan fingerprint density at radius 3 is 1.97 bits per heavy atom. The number of benzene rings is 2. The van der Waals surface area contributed by atoms with E-state index < -0.39 is 5.97 Å².